The molecule has 0 heterocycles. The molecule has 0 aliphatic rings. The Balaban J connectivity index is 2.52. The highest BCUT2D eigenvalue weighted by Crippen LogP contribution is 2.22. The number of hydrogen-bond donors (Lipinski definition) is 2. The van der Waals surface area contributed by atoms with Crippen LogP contribution in [0.1, 0.15) is 25.0 Å². The lowest BCUT2D eigenvalue weighted by Crippen LogP contribution is -2.26. The summed E-state index contributed by atoms with van der Waals surface area (Å²) >= 11 is 0. The Labute approximate surface area is 124 Å². The highest BCUT2D eigenvalue weighted by Gasteiger charge is 2.27. The van der Waals surface area contributed by atoms with Gasteiger partial charge in [0.2, 0.25) is 0 Å². The number of hydrogen-bond acceptors (Lipinski definition) is 3. The number of carboxylic acids is 1. The average Bonchev–Trinajstić information content (AvgIpc) is 2.43. The van der Waals surface area contributed by atoms with Gasteiger partial charge in [-0.1, -0.05) is 36.9 Å². The molecule has 0 saturated carbocycles. The Bertz CT molecular complexity index is 506. The normalized spacial score (nSPS) is 10.8. The molecule has 0 bridgehead atoms. The smallest absolute Gasteiger partial charge is 0.407 e. The molecular weight excluding hydrogens is 270 g/mol. The zero-order valence-electron chi connectivity index (χ0n) is 12.4. The number of rotatable bonds is 7. The predicted molar refractivity (Wildman–Crippen MR) is 79.9 cm³/mol. The minimum atomic E-state index is -0.821. The van der Waals surface area contributed by atoms with Crippen molar-refractivity contribution in [2.75, 3.05) is 6.61 Å². The predicted octanol–water partition coefficient (Wildman–Crippen LogP) is 2.75. The fourth-order valence-electron chi connectivity index (χ4n) is 1.72. The van der Waals surface area contributed by atoms with Gasteiger partial charge in [-0.25, -0.2) is 4.79 Å². The van der Waals surface area contributed by atoms with Crippen molar-refractivity contribution in [3.05, 3.63) is 48.0 Å². The van der Waals surface area contributed by atoms with E-state index in [1.807, 2.05) is 24.3 Å². The molecule has 114 valence electrons. The van der Waals surface area contributed by atoms with Crippen molar-refractivity contribution in [2.24, 2.45) is 5.41 Å². The molecule has 1 aromatic carbocycles. The number of ether oxygens (including phenoxy) is 1. The highest BCUT2D eigenvalue weighted by atomic mass is 16.5. The second-order valence-electron chi connectivity index (χ2n) is 5.42. The van der Waals surface area contributed by atoms with E-state index >= 15 is 0 Å². The van der Waals surface area contributed by atoms with Gasteiger partial charge in [-0.15, -0.1) is 0 Å². The summed E-state index contributed by atoms with van der Waals surface area (Å²) in [5.41, 5.74) is 1.07. The number of benzene rings is 1. The van der Waals surface area contributed by atoms with Crippen LogP contribution >= 0.6 is 0 Å². The molecule has 21 heavy (non-hydrogen) atoms. The molecule has 0 aromatic heterocycles. The van der Waals surface area contributed by atoms with E-state index in [2.05, 4.69) is 11.9 Å². The van der Waals surface area contributed by atoms with Crippen molar-refractivity contribution in [1.82, 2.24) is 5.32 Å². The molecule has 2 N–H and O–H groups in total. The Morgan fingerprint density at radius 1 is 1.29 bits per heavy atom. The minimum absolute atomic E-state index is 0.176. The molecule has 0 atom stereocenters. The van der Waals surface area contributed by atoms with Gasteiger partial charge in [0.05, 0.1) is 5.41 Å². The number of amides is 1. The van der Waals surface area contributed by atoms with E-state index < -0.39 is 17.5 Å². The van der Waals surface area contributed by atoms with Crippen LogP contribution in [0, 0.1) is 5.41 Å². The Hall–Kier alpha value is -2.30. The maximum absolute atomic E-state index is 11.3. The third-order valence-electron chi connectivity index (χ3n) is 3.02. The van der Waals surface area contributed by atoms with Gasteiger partial charge >= 0.3 is 12.1 Å². The van der Waals surface area contributed by atoms with Crippen LogP contribution in [0.15, 0.2) is 36.9 Å². The summed E-state index contributed by atoms with van der Waals surface area (Å²) in [5, 5.41) is 11.7. The zero-order valence-corrected chi connectivity index (χ0v) is 12.4. The fraction of sp³-hybridized carbons (Fsp3) is 0.375. The molecule has 0 aliphatic carbocycles. The summed E-state index contributed by atoms with van der Waals surface area (Å²) in [6.07, 6.45) is 1.46. The van der Waals surface area contributed by atoms with E-state index in [9.17, 15) is 9.59 Å². The largest absolute Gasteiger partial charge is 0.481 e. The molecule has 0 saturated heterocycles. The molecule has 5 nitrogen and oxygen atoms in total. The average molecular weight is 291 g/mol. The molecule has 1 rings (SSSR count). The highest BCUT2D eigenvalue weighted by molar-refractivity contribution is 5.74. The van der Waals surface area contributed by atoms with E-state index in [0.717, 1.165) is 11.1 Å². The first-order valence-corrected chi connectivity index (χ1v) is 6.68. The first-order valence-electron chi connectivity index (χ1n) is 6.68. The van der Waals surface area contributed by atoms with Gasteiger partial charge < -0.3 is 15.2 Å². The molecular formula is C16H21NO4. The number of nitrogens with one attached hydrogen (secondary N) is 1. The van der Waals surface area contributed by atoms with Crippen molar-refractivity contribution >= 4 is 12.1 Å². The van der Waals surface area contributed by atoms with E-state index in [4.69, 9.17) is 9.84 Å². The fourth-order valence-corrected chi connectivity index (χ4v) is 1.72. The molecule has 0 unspecified atom stereocenters. The van der Waals surface area contributed by atoms with Gasteiger partial charge in [0.1, 0.15) is 6.61 Å². The zero-order chi connectivity index (χ0) is 15.9. The lowest BCUT2D eigenvalue weighted by atomic mass is 9.86. The van der Waals surface area contributed by atoms with Crippen LogP contribution in [-0.4, -0.2) is 23.8 Å². The van der Waals surface area contributed by atoms with Crippen LogP contribution < -0.4 is 5.32 Å². The summed E-state index contributed by atoms with van der Waals surface area (Å²) in [4.78, 5) is 22.3. The third kappa shape index (κ3) is 5.69. The van der Waals surface area contributed by atoms with Crippen molar-refractivity contribution < 1.29 is 19.4 Å². The molecule has 0 aliphatic heterocycles. The van der Waals surface area contributed by atoms with Crippen LogP contribution in [0.2, 0.25) is 0 Å². The second kappa shape index (κ2) is 7.47. The SMILES string of the molecule is C=CCOC(=O)NCc1ccc(CC(C)(C)C(=O)O)cc1. The first-order chi connectivity index (χ1) is 9.85. The molecule has 0 fully saturated rings. The van der Waals surface area contributed by atoms with E-state index in [1.54, 1.807) is 13.8 Å². The van der Waals surface area contributed by atoms with Gasteiger partial charge in [-0.05, 0) is 31.4 Å². The molecule has 0 spiro atoms. The lowest BCUT2D eigenvalue weighted by Gasteiger charge is -2.19. The Morgan fingerprint density at radius 2 is 1.86 bits per heavy atom. The number of alkyl carbamates (subject to hydrolysis) is 1. The van der Waals surface area contributed by atoms with Crippen LogP contribution in [0.3, 0.4) is 0 Å². The minimum Gasteiger partial charge on any atom is -0.481 e. The summed E-state index contributed by atoms with van der Waals surface area (Å²) in [6, 6.07) is 7.47. The van der Waals surface area contributed by atoms with E-state index in [0.29, 0.717) is 13.0 Å². The quantitative estimate of drug-likeness (QED) is 0.757. The molecule has 0 radical (unpaired) electrons. The summed E-state index contributed by atoms with van der Waals surface area (Å²) < 4.78 is 4.80. The maximum atomic E-state index is 11.3. The van der Waals surface area contributed by atoms with Crippen LogP contribution in [-0.2, 0) is 22.5 Å². The van der Waals surface area contributed by atoms with Gasteiger partial charge in [-0.2, -0.15) is 0 Å². The van der Waals surface area contributed by atoms with Crippen molar-refractivity contribution in [3.63, 3.8) is 0 Å². The van der Waals surface area contributed by atoms with E-state index in [1.165, 1.54) is 6.08 Å². The summed E-state index contributed by atoms with van der Waals surface area (Å²) in [5.74, 6) is -0.821. The standard InChI is InChI=1S/C16H21NO4/c1-4-9-21-15(20)17-11-13-7-5-12(6-8-13)10-16(2,3)14(18)19/h4-8H,1,9-11H2,2-3H3,(H,17,20)(H,18,19). The van der Waals surface area contributed by atoms with Crippen LogP contribution in [0.5, 0.6) is 0 Å². The third-order valence-corrected chi connectivity index (χ3v) is 3.02. The van der Waals surface area contributed by atoms with Gasteiger partial charge in [0.15, 0.2) is 0 Å². The lowest BCUT2D eigenvalue weighted by molar-refractivity contribution is -0.146. The van der Waals surface area contributed by atoms with Crippen molar-refractivity contribution in [2.45, 2.75) is 26.8 Å². The topological polar surface area (TPSA) is 75.6 Å². The van der Waals surface area contributed by atoms with E-state index in [-0.39, 0.29) is 6.61 Å². The number of carbonyl (C=O) groups is 2. The maximum Gasteiger partial charge on any atom is 0.407 e. The van der Waals surface area contributed by atoms with Crippen molar-refractivity contribution in [3.8, 4) is 0 Å². The summed E-state index contributed by atoms with van der Waals surface area (Å²) in [6.45, 7) is 7.38. The monoisotopic (exact) mass is 291 g/mol. The number of aliphatic carboxylic acids is 1. The van der Waals surface area contributed by atoms with Gasteiger partial charge in [0, 0.05) is 6.54 Å². The Morgan fingerprint density at radius 3 is 2.38 bits per heavy atom. The molecule has 5 heteroatoms. The first kappa shape index (κ1) is 16.8. The Kier molecular flexibility index (Phi) is 5.96. The molecule has 1 amide bonds. The second-order valence-corrected chi connectivity index (χ2v) is 5.42. The molecule has 1 aromatic rings. The van der Waals surface area contributed by atoms with Crippen LogP contribution in [0.4, 0.5) is 4.79 Å². The van der Waals surface area contributed by atoms with Crippen LogP contribution in [0.25, 0.3) is 0 Å². The summed E-state index contributed by atoms with van der Waals surface area (Å²) in [7, 11) is 0. The van der Waals surface area contributed by atoms with Crippen molar-refractivity contribution in [1.29, 1.82) is 0 Å². The van der Waals surface area contributed by atoms with Gasteiger partial charge in [0.25, 0.3) is 0 Å². The van der Waals surface area contributed by atoms with Gasteiger partial charge in [-0.3, -0.25) is 4.79 Å². The number of carbonyl (C=O) groups excluding carboxylic acids is 1. The number of carboxylic acid groups (broad SMARTS) is 1.